The Labute approximate surface area is 183 Å². The average molecular weight is 439 g/mol. The van der Waals surface area contributed by atoms with E-state index in [1.807, 2.05) is 17.5 Å². The van der Waals surface area contributed by atoms with Crippen LogP contribution in [0.25, 0.3) is 11.3 Å². The Morgan fingerprint density at radius 1 is 1.26 bits per heavy atom. The van der Waals surface area contributed by atoms with E-state index in [0.717, 1.165) is 5.56 Å². The van der Waals surface area contributed by atoms with Crippen LogP contribution in [0.4, 0.5) is 0 Å². The number of thiazole rings is 1. The van der Waals surface area contributed by atoms with Gasteiger partial charge in [-0.05, 0) is 30.3 Å². The third-order valence-corrected chi connectivity index (χ3v) is 5.21. The molecule has 0 saturated heterocycles. The zero-order valence-corrected chi connectivity index (χ0v) is 17.9. The maximum Gasteiger partial charge on any atom is 0.252 e. The van der Waals surface area contributed by atoms with Crippen molar-refractivity contribution in [1.29, 1.82) is 0 Å². The van der Waals surface area contributed by atoms with E-state index in [0.29, 0.717) is 34.1 Å². The number of phenols is 1. The number of ether oxygens (including phenoxy) is 2. The Kier molecular flexibility index (Phi) is 6.88. The number of rotatable bonds is 8. The van der Waals surface area contributed by atoms with E-state index in [1.54, 1.807) is 43.3 Å². The molecule has 3 aromatic rings. The zero-order valence-electron chi connectivity index (χ0n) is 17.1. The molecule has 3 rings (SSSR count). The third kappa shape index (κ3) is 4.84. The molecule has 0 aliphatic heterocycles. The van der Waals surface area contributed by atoms with Gasteiger partial charge in [-0.25, -0.2) is 4.68 Å². The summed E-state index contributed by atoms with van der Waals surface area (Å²) in [5.74, 6) is 0.374. The molecule has 9 heteroatoms. The van der Waals surface area contributed by atoms with Crippen LogP contribution in [0.2, 0.25) is 0 Å². The predicted octanol–water partition coefficient (Wildman–Crippen LogP) is 3.01. The van der Waals surface area contributed by atoms with Crippen LogP contribution in [0.5, 0.6) is 17.2 Å². The molecule has 1 amide bonds. The van der Waals surface area contributed by atoms with Crippen molar-refractivity contribution in [3.05, 3.63) is 70.4 Å². The maximum absolute atomic E-state index is 11.6. The van der Waals surface area contributed by atoms with Crippen molar-refractivity contribution >= 4 is 23.5 Å². The molecule has 0 atom stereocenters. The molecular weight excluding hydrogens is 416 g/mol. The summed E-state index contributed by atoms with van der Waals surface area (Å²) in [4.78, 5) is 16.8. The summed E-state index contributed by atoms with van der Waals surface area (Å²) in [5, 5.41) is 16.4. The number of carbonyl (C=O) groups is 1. The highest BCUT2D eigenvalue weighted by Crippen LogP contribution is 2.27. The minimum absolute atomic E-state index is 0.0284. The number of primary amides is 1. The Morgan fingerprint density at radius 2 is 2.06 bits per heavy atom. The van der Waals surface area contributed by atoms with E-state index in [4.69, 9.17) is 15.2 Å². The third-order valence-electron chi connectivity index (χ3n) is 4.35. The first-order valence-corrected chi connectivity index (χ1v) is 10.1. The van der Waals surface area contributed by atoms with Crippen LogP contribution < -0.4 is 20.0 Å². The number of hydrogen-bond donors (Lipinski definition) is 2. The fourth-order valence-corrected chi connectivity index (χ4v) is 3.65. The van der Waals surface area contributed by atoms with Crippen LogP contribution in [-0.4, -0.2) is 42.7 Å². The summed E-state index contributed by atoms with van der Waals surface area (Å²) in [6, 6.07) is 10.0. The lowest BCUT2D eigenvalue weighted by molar-refractivity contribution is 0.0998. The van der Waals surface area contributed by atoms with Gasteiger partial charge in [0.1, 0.15) is 17.2 Å². The fraction of sp³-hybridized carbons (Fsp3) is 0.136. The second kappa shape index (κ2) is 9.77. The molecule has 0 aliphatic carbocycles. The minimum atomic E-state index is -0.718. The summed E-state index contributed by atoms with van der Waals surface area (Å²) in [5.41, 5.74) is 7.48. The first-order chi connectivity index (χ1) is 15.0. The molecule has 1 aromatic heterocycles. The summed E-state index contributed by atoms with van der Waals surface area (Å²) < 4.78 is 12.3. The zero-order chi connectivity index (χ0) is 22.4. The van der Waals surface area contributed by atoms with Crippen molar-refractivity contribution in [3.63, 3.8) is 0 Å². The molecule has 160 valence electrons. The lowest BCUT2D eigenvalue weighted by Crippen LogP contribution is -2.14. The lowest BCUT2D eigenvalue weighted by Gasteiger charge is -2.08. The van der Waals surface area contributed by atoms with Crippen LogP contribution in [0, 0.1) is 0 Å². The van der Waals surface area contributed by atoms with Crippen LogP contribution in [0.15, 0.2) is 64.5 Å². The fourth-order valence-electron chi connectivity index (χ4n) is 2.80. The molecule has 2 aromatic carbocycles. The standard InChI is InChI=1S/C22H22N4O4S/c1-4-9-24-22-26(25-12-15-5-7-16(29-2)11-20(15)30-3)18(13-31-22)14-6-8-19(27)17(10-14)21(23)28/h4-8,10-13,27H,1,9H2,2-3H3,(H2,23,28)/b24-22?,25-12-. The molecule has 31 heavy (non-hydrogen) atoms. The van der Waals surface area contributed by atoms with Crippen molar-refractivity contribution in [1.82, 2.24) is 4.68 Å². The van der Waals surface area contributed by atoms with E-state index < -0.39 is 5.91 Å². The van der Waals surface area contributed by atoms with E-state index in [-0.39, 0.29) is 11.3 Å². The lowest BCUT2D eigenvalue weighted by atomic mass is 10.1. The highest BCUT2D eigenvalue weighted by Gasteiger charge is 2.13. The van der Waals surface area contributed by atoms with Crippen molar-refractivity contribution in [3.8, 4) is 28.5 Å². The summed E-state index contributed by atoms with van der Waals surface area (Å²) in [6.45, 7) is 4.12. The number of nitrogens with zero attached hydrogens (tertiary/aromatic N) is 3. The molecule has 0 unspecified atom stereocenters. The van der Waals surface area contributed by atoms with Gasteiger partial charge in [-0.15, -0.1) is 17.9 Å². The van der Waals surface area contributed by atoms with Crippen LogP contribution in [-0.2, 0) is 0 Å². The molecule has 1 heterocycles. The monoisotopic (exact) mass is 438 g/mol. The van der Waals surface area contributed by atoms with E-state index in [9.17, 15) is 9.90 Å². The first kappa shape index (κ1) is 21.8. The number of carbonyl (C=O) groups excluding carboxylic acids is 1. The Balaban J connectivity index is 2.13. The van der Waals surface area contributed by atoms with Gasteiger partial charge >= 0.3 is 0 Å². The number of hydrogen-bond acceptors (Lipinski definition) is 7. The van der Waals surface area contributed by atoms with Gasteiger partial charge in [0.15, 0.2) is 0 Å². The van der Waals surface area contributed by atoms with Crippen LogP contribution in [0.1, 0.15) is 15.9 Å². The van der Waals surface area contributed by atoms with Crippen LogP contribution in [0.3, 0.4) is 0 Å². The van der Waals surface area contributed by atoms with Gasteiger partial charge in [0.2, 0.25) is 4.80 Å². The summed E-state index contributed by atoms with van der Waals surface area (Å²) in [6.07, 6.45) is 3.34. The Bertz CT molecular complexity index is 1210. The van der Waals surface area contributed by atoms with Gasteiger partial charge in [0, 0.05) is 22.6 Å². The summed E-state index contributed by atoms with van der Waals surface area (Å²) in [7, 11) is 3.16. The predicted molar refractivity (Wildman–Crippen MR) is 121 cm³/mol. The van der Waals surface area contributed by atoms with Crippen LogP contribution >= 0.6 is 11.3 Å². The van der Waals surface area contributed by atoms with Gasteiger partial charge in [-0.3, -0.25) is 9.79 Å². The van der Waals surface area contributed by atoms with Gasteiger partial charge in [0.25, 0.3) is 5.91 Å². The molecule has 3 N–H and O–H groups in total. The number of methoxy groups -OCH3 is 2. The first-order valence-electron chi connectivity index (χ1n) is 9.20. The van der Waals surface area contributed by atoms with E-state index in [2.05, 4.69) is 16.7 Å². The van der Waals surface area contributed by atoms with Crippen molar-refractivity contribution in [2.24, 2.45) is 15.8 Å². The van der Waals surface area contributed by atoms with Crippen molar-refractivity contribution < 1.29 is 19.4 Å². The van der Waals surface area contributed by atoms with E-state index >= 15 is 0 Å². The van der Waals surface area contributed by atoms with E-state index in [1.165, 1.54) is 23.5 Å². The highest BCUT2D eigenvalue weighted by atomic mass is 32.1. The normalized spacial score (nSPS) is 11.6. The molecule has 8 nitrogen and oxygen atoms in total. The molecule has 0 spiro atoms. The number of benzene rings is 2. The number of aromatic hydroxyl groups is 1. The quantitative estimate of drug-likeness (QED) is 0.416. The Morgan fingerprint density at radius 3 is 2.74 bits per heavy atom. The molecular formula is C22H22N4O4S. The largest absolute Gasteiger partial charge is 0.507 e. The van der Waals surface area contributed by atoms with Crippen molar-refractivity contribution in [2.45, 2.75) is 0 Å². The minimum Gasteiger partial charge on any atom is -0.507 e. The smallest absolute Gasteiger partial charge is 0.252 e. The number of aromatic nitrogens is 1. The Hall–Kier alpha value is -3.85. The van der Waals surface area contributed by atoms with Gasteiger partial charge in [-0.2, -0.15) is 5.10 Å². The molecule has 0 saturated carbocycles. The summed E-state index contributed by atoms with van der Waals surface area (Å²) >= 11 is 1.39. The van der Waals surface area contributed by atoms with Gasteiger partial charge in [0.05, 0.1) is 38.2 Å². The second-order valence-corrected chi connectivity index (χ2v) is 7.13. The molecule has 0 aliphatic rings. The molecule has 0 bridgehead atoms. The maximum atomic E-state index is 11.6. The average Bonchev–Trinajstić information content (AvgIpc) is 3.18. The molecule has 0 fully saturated rings. The number of nitrogens with two attached hydrogens (primary N) is 1. The highest BCUT2D eigenvalue weighted by molar-refractivity contribution is 7.07. The second-order valence-electron chi connectivity index (χ2n) is 6.29. The van der Waals surface area contributed by atoms with Crippen molar-refractivity contribution in [2.75, 3.05) is 20.8 Å². The SMILES string of the molecule is C=CCN=c1scc(-c2ccc(O)c(C(N)=O)c2)n1/N=C\c1ccc(OC)cc1OC. The molecule has 0 radical (unpaired) electrons. The van der Waals surface area contributed by atoms with Gasteiger partial charge in [-0.1, -0.05) is 6.08 Å². The topological polar surface area (TPSA) is 111 Å². The number of amides is 1. The van der Waals surface area contributed by atoms with Gasteiger partial charge < -0.3 is 20.3 Å².